The number of ether oxygens (including phenoxy) is 2. The summed E-state index contributed by atoms with van der Waals surface area (Å²) >= 11 is 0. The zero-order chi connectivity index (χ0) is 18.6. The highest BCUT2D eigenvalue weighted by Crippen LogP contribution is 2.26. The summed E-state index contributed by atoms with van der Waals surface area (Å²) in [6.07, 6.45) is 1.95. The first kappa shape index (κ1) is 18.1. The largest absolute Gasteiger partial charge is 0.493 e. The van der Waals surface area contributed by atoms with Gasteiger partial charge in [0, 0.05) is 25.2 Å². The summed E-state index contributed by atoms with van der Waals surface area (Å²) in [6.45, 7) is 6.26. The lowest BCUT2D eigenvalue weighted by molar-refractivity contribution is 0.0117. The molecule has 144 valence electrons. The molecule has 1 atom stereocenters. The summed E-state index contributed by atoms with van der Waals surface area (Å²) in [5.74, 6) is 2.60. The third kappa shape index (κ3) is 4.17. The van der Waals surface area contributed by atoms with Gasteiger partial charge in [0.15, 0.2) is 0 Å². The lowest BCUT2D eigenvalue weighted by Gasteiger charge is -2.33. The maximum atomic E-state index is 12.7. The van der Waals surface area contributed by atoms with Crippen LogP contribution in [0.15, 0.2) is 34.7 Å². The van der Waals surface area contributed by atoms with Gasteiger partial charge in [0.2, 0.25) is 0 Å². The monoisotopic (exact) mass is 370 g/mol. The van der Waals surface area contributed by atoms with Crippen LogP contribution in [-0.4, -0.2) is 50.3 Å². The van der Waals surface area contributed by atoms with E-state index in [0.29, 0.717) is 25.3 Å². The summed E-state index contributed by atoms with van der Waals surface area (Å²) in [4.78, 5) is 15.0. The van der Waals surface area contributed by atoms with E-state index < -0.39 is 0 Å². The third-order valence-corrected chi connectivity index (χ3v) is 5.20. The lowest BCUT2D eigenvalue weighted by atomic mass is 10.0. The van der Waals surface area contributed by atoms with Gasteiger partial charge >= 0.3 is 0 Å². The van der Waals surface area contributed by atoms with Gasteiger partial charge in [-0.25, -0.2) is 0 Å². The summed E-state index contributed by atoms with van der Waals surface area (Å²) < 4.78 is 17.0. The first-order valence-electron chi connectivity index (χ1n) is 9.63. The SMILES string of the molecule is Cc1ccc(C(CNC(=O)c2ccc3c(c2)CCCO3)N2CCOCC2)o1. The van der Waals surface area contributed by atoms with E-state index in [2.05, 4.69) is 10.2 Å². The molecule has 1 aromatic carbocycles. The first-order valence-corrected chi connectivity index (χ1v) is 9.63. The molecule has 1 N–H and O–H groups in total. The number of aryl methyl sites for hydroxylation is 2. The number of nitrogens with zero attached hydrogens (tertiary/aromatic N) is 1. The fourth-order valence-corrected chi connectivity index (χ4v) is 3.72. The van der Waals surface area contributed by atoms with Gasteiger partial charge in [-0.2, -0.15) is 0 Å². The van der Waals surface area contributed by atoms with Crippen LogP contribution >= 0.6 is 0 Å². The minimum Gasteiger partial charge on any atom is -0.493 e. The van der Waals surface area contributed by atoms with Crippen LogP contribution in [0.3, 0.4) is 0 Å². The first-order chi connectivity index (χ1) is 13.2. The molecule has 4 rings (SSSR count). The molecule has 1 aromatic heterocycles. The van der Waals surface area contributed by atoms with Crippen LogP contribution in [-0.2, 0) is 11.2 Å². The Bertz CT molecular complexity index is 795. The number of carbonyl (C=O) groups excluding carboxylic acids is 1. The topological polar surface area (TPSA) is 63.9 Å². The van der Waals surface area contributed by atoms with Gasteiger partial charge in [-0.3, -0.25) is 9.69 Å². The number of benzene rings is 1. The molecule has 2 aromatic rings. The standard InChI is InChI=1S/C21H26N2O4/c1-15-4-6-20(27-15)18(23-8-11-25-12-9-23)14-22-21(24)17-5-7-19-16(13-17)3-2-10-26-19/h4-7,13,18H,2-3,8-12,14H2,1H3,(H,22,24). The van der Waals surface area contributed by atoms with Crippen molar-refractivity contribution in [3.63, 3.8) is 0 Å². The van der Waals surface area contributed by atoms with Gasteiger partial charge in [-0.15, -0.1) is 0 Å². The number of fused-ring (bicyclic) bond motifs is 1. The Balaban J connectivity index is 1.46. The van der Waals surface area contributed by atoms with Gasteiger partial charge in [0.1, 0.15) is 17.3 Å². The molecule has 0 saturated carbocycles. The second kappa shape index (κ2) is 8.15. The Morgan fingerprint density at radius 2 is 2.04 bits per heavy atom. The molecule has 1 saturated heterocycles. The van der Waals surface area contributed by atoms with Gasteiger partial charge in [0.05, 0.1) is 25.9 Å². The zero-order valence-corrected chi connectivity index (χ0v) is 15.7. The second-order valence-electron chi connectivity index (χ2n) is 7.10. The molecule has 2 aliphatic heterocycles. The molecule has 27 heavy (non-hydrogen) atoms. The maximum Gasteiger partial charge on any atom is 0.251 e. The highest BCUT2D eigenvalue weighted by molar-refractivity contribution is 5.94. The minimum absolute atomic E-state index is 0.00695. The average Bonchev–Trinajstić information content (AvgIpc) is 3.14. The van der Waals surface area contributed by atoms with E-state index in [-0.39, 0.29) is 11.9 Å². The van der Waals surface area contributed by atoms with E-state index >= 15 is 0 Å². The molecule has 6 nitrogen and oxygen atoms in total. The number of rotatable bonds is 5. The van der Waals surface area contributed by atoms with Crippen molar-refractivity contribution in [2.45, 2.75) is 25.8 Å². The van der Waals surface area contributed by atoms with E-state index in [1.54, 1.807) is 0 Å². The van der Waals surface area contributed by atoms with Crippen molar-refractivity contribution in [1.82, 2.24) is 10.2 Å². The molecular weight excluding hydrogens is 344 g/mol. The molecule has 0 spiro atoms. The fourth-order valence-electron chi connectivity index (χ4n) is 3.72. The lowest BCUT2D eigenvalue weighted by Crippen LogP contribution is -2.43. The summed E-state index contributed by atoms with van der Waals surface area (Å²) in [5, 5.41) is 3.09. The molecule has 1 unspecified atom stereocenters. The number of hydrogen-bond donors (Lipinski definition) is 1. The molecule has 6 heteroatoms. The minimum atomic E-state index is -0.0649. The van der Waals surface area contributed by atoms with Crippen LogP contribution in [0.1, 0.15) is 39.9 Å². The van der Waals surface area contributed by atoms with Crippen LogP contribution in [0.2, 0.25) is 0 Å². The molecule has 3 heterocycles. The smallest absolute Gasteiger partial charge is 0.251 e. The highest BCUT2D eigenvalue weighted by Gasteiger charge is 2.26. The molecule has 1 amide bonds. The number of hydrogen-bond acceptors (Lipinski definition) is 5. The molecule has 2 aliphatic rings. The number of nitrogens with one attached hydrogen (secondary N) is 1. The Morgan fingerprint density at radius 1 is 1.19 bits per heavy atom. The van der Waals surface area contributed by atoms with Crippen molar-refractivity contribution in [2.24, 2.45) is 0 Å². The summed E-state index contributed by atoms with van der Waals surface area (Å²) in [5.41, 5.74) is 1.79. The van der Waals surface area contributed by atoms with E-state index in [1.165, 1.54) is 0 Å². The normalized spacial score (nSPS) is 18.4. The average molecular weight is 370 g/mol. The number of amides is 1. The number of carbonyl (C=O) groups is 1. The molecule has 1 fully saturated rings. The van der Waals surface area contributed by atoms with Crippen LogP contribution in [0, 0.1) is 6.92 Å². The zero-order valence-electron chi connectivity index (χ0n) is 15.7. The molecule has 0 aliphatic carbocycles. The van der Waals surface area contributed by atoms with Crippen molar-refractivity contribution in [1.29, 1.82) is 0 Å². The van der Waals surface area contributed by atoms with Crippen molar-refractivity contribution >= 4 is 5.91 Å². The second-order valence-corrected chi connectivity index (χ2v) is 7.10. The highest BCUT2D eigenvalue weighted by atomic mass is 16.5. The van der Waals surface area contributed by atoms with Gasteiger partial charge in [-0.05, 0) is 55.7 Å². The Morgan fingerprint density at radius 3 is 2.81 bits per heavy atom. The van der Waals surface area contributed by atoms with E-state index in [1.807, 2.05) is 37.3 Å². The van der Waals surface area contributed by atoms with Crippen molar-refractivity contribution in [2.75, 3.05) is 39.5 Å². The molecular formula is C21H26N2O4. The van der Waals surface area contributed by atoms with Crippen molar-refractivity contribution < 1.29 is 18.7 Å². The Kier molecular flexibility index (Phi) is 5.45. The Labute approximate surface area is 159 Å². The van der Waals surface area contributed by atoms with Gasteiger partial charge < -0.3 is 19.2 Å². The van der Waals surface area contributed by atoms with Crippen LogP contribution in [0.5, 0.6) is 5.75 Å². The van der Waals surface area contributed by atoms with Crippen molar-refractivity contribution in [3.8, 4) is 5.75 Å². The van der Waals surface area contributed by atoms with Gasteiger partial charge in [0.25, 0.3) is 5.91 Å². The summed E-state index contributed by atoms with van der Waals surface area (Å²) in [7, 11) is 0. The van der Waals surface area contributed by atoms with E-state index in [9.17, 15) is 4.79 Å². The molecule has 0 bridgehead atoms. The third-order valence-electron chi connectivity index (χ3n) is 5.20. The number of furan rings is 1. The predicted octanol–water partition coefficient (Wildman–Crippen LogP) is 2.72. The quantitative estimate of drug-likeness (QED) is 0.877. The van der Waals surface area contributed by atoms with Crippen LogP contribution < -0.4 is 10.1 Å². The van der Waals surface area contributed by atoms with Gasteiger partial charge in [-0.1, -0.05) is 0 Å². The fraction of sp³-hybridized carbons (Fsp3) is 0.476. The van der Waals surface area contributed by atoms with Crippen LogP contribution in [0.25, 0.3) is 0 Å². The molecule has 0 radical (unpaired) electrons. The summed E-state index contributed by atoms with van der Waals surface area (Å²) in [6, 6.07) is 9.66. The predicted molar refractivity (Wildman–Crippen MR) is 101 cm³/mol. The van der Waals surface area contributed by atoms with E-state index in [4.69, 9.17) is 13.9 Å². The van der Waals surface area contributed by atoms with Crippen molar-refractivity contribution in [3.05, 3.63) is 53.0 Å². The maximum absolute atomic E-state index is 12.7. The number of morpholine rings is 1. The Hall–Kier alpha value is -2.31. The van der Waals surface area contributed by atoms with Crippen LogP contribution in [0.4, 0.5) is 0 Å². The van der Waals surface area contributed by atoms with E-state index in [0.717, 1.165) is 55.4 Å².